The summed E-state index contributed by atoms with van der Waals surface area (Å²) in [7, 11) is 3.96. The number of hydrogen-bond acceptors (Lipinski definition) is 5. The third kappa shape index (κ3) is 5.30. The Morgan fingerprint density at radius 2 is 1.82 bits per heavy atom. The van der Waals surface area contributed by atoms with E-state index in [-0.39, 0.29) is 11.8 Å². The Balaban J connectivity index is 1.58. The molecule has 0 bridgehead atoms. The summed E-state index contributed by atoms with van der Waals surface area (Å²) in [5.74, 6) is -0.785. The lowest BCUT2D eigenvalue weighted by molar-refractivity contribution is -0.117. The van der Waals surface area contributed by atoms with Crippen molar-refractivity contribution in [2.45, 2.75) is 12.8 Å². The Kier molecular flexibility index (Phi) is 7.22. The Hall–Kier alpha value is -4.07. The van der Waals surface area contributed by atoms with Crippen LogP contribution in [0.5, 0.6) is 0 Å². The molecule has 0 spiro atoms. The zero-order valence-electron chi connectivity index (χ0n) is 21.5. The monoisotopic (exact) mass is 525 g/mol. The number of fused-ring (bicyclic) bond motifs is 2. The number of nitrogens with one attached hydrogen (secondary N) is 1. The molecular weight excluding hydrogens is 498 g/mol. The minimum absolute atomic E-state index is 0.0218. The van der Waals surface area contributed by atoms with Crippen molar-refractivity contribution in [3.05, 3.63) is 95.1 Å². The summed E-state index contributed by atoms with van der Waals surface area (Å²) >= 11 is 6.19. The number of benzene rings is 3. The molecule has 1 atom stereocenters. The molecule has 8 heteroatoms. The fraction of sp³-hybridized carbons (Fsp3) is 0.200. The second-order valence-corrected chi connectivity index (χ2v) is 9.99. The third-order valence-electron chi connectivity index (χ3n) is 6.58. The number of amides is 2. The van der Waals surface area contributed by atoms with Gasteiger partial charge in [-0.2, -0.15) is 0 Å². The number of likely N-dealkylation sites (N-methyl/N-ethyl adjacent to an activating group) is 1. The average molecular weight is 526 g/mol. The number of hydrogen-bond donors (Lipinski definition) is 1. The predicted octanol–water partition coefficient (Wildman–Crippen LogP) is 5.66. The zero-order valence-corrected chi connectivity index (χ0v) is 22.2. The number of anilines is 2. The second-order valence-electron chi connectivity index (χ2n) is 9.55. The van der Waals surface area contributed by atoms with Crippen molar-refractivity contribution in [3.8, 4) is 0 Å². The van der Waals surface area contributed by atoms with E-state index in [2.05, 4.69) is 10.3 Å². The second kappa shape index (κ2) is 10.7. The van der Waals surface area contributed by atoms with E-state index < -0.39 is 5.92 Å². The number of pyridine rings is 1. The third-order valence-corrected chi connectivity index (χ3v) is 6.82. The van der Waals surface area contributed by atoms with Gasteiger partial charge >= 0.3 is 0 Å². The molecule has 2 heterocycles. The Labute approximate surface area is 226 Å². The minimum Gasteiger partial charge on any atom is -0.325 e. The smallest absolute Gasteiger partial charge is 0.238 e. The van der Waals surface area contributed by atoms with Gasteiger partial charge in [-0.05, 0) is 79.8 Å². The largest absolute Gasteiger partial charge is 0.325 e. The fourth-order valence-corrected chi connectivity index (χ4v) is 4.82. The van der Waals surface area contributed by atoms with Crippen LogP contribution in [-0.4, -0.2) is 54.6 Å². The van der Waals surface area contributed by atoms with Gasteiger partial charge in [-0.25, -0.2) is 0 Å². The molecule has 4 aromatic rings. The molecule has 3 aromatic carbocycles. The SMILES string of the molecule is CC(=O)N(CCN(C)C)c1ccc(N=C(c2ccc3ncccc3c2)C2C(=O)Nc3cc(Cl)ccc32)cc1. The number of rotatable bonds is 7. The van der Waals surface area contributed by atoms with E-state index in [1.54, 1.807) is 30.2 Å². The Morgan fingerprint density at radius 3 is 2.55 bits per heavy atom. The Morgan fingerprint density at radius 1 is 1.03 bits per heavy atom. The molecule has 0 saturated carbocycles. The van der Waals surface area contributed by atoms with Crippen LogP contribution in [0.4, 0.5) is 17.1 Å². The summed E-state index contributed by atoms with van der Waals surface area (Å²) in [4.78, 5) is 38.7. The number of halogens is 1. The Bertz CT molecular complexity index is 1550. The van der Waals surface area contributed by atoms with Gasteiger partial charge in [0.25, 0.3) is 0 Å². The van der Waals surface area contributed by atoms with Gasteiger partial charge in [-0.15, -0.1) is 0 Å². The highest BCUT2D eigenvalue weighted by Gasteiger charge is 2.35. The molecule has 1 aliphatic rings. The first-order chi connectivity index (χ1) is 18.3. The van der Waals surface area contributed by atoms with Crippen molar-refractivity contribution in [1.82, 2.24) is 9.88 Å². The molecule has 0 aliphatic carbocycles. The van der Waals surface area contributed by atoms with Gasteiger partial charge in [-0.1, -0.05) is 29.8 Å². The lowest BCUT2D eigenvalue weighted by Crippen LogP contribution is -2.35. The van der Waals surface area contributed by atoms with E-state index >= 15 is 0 Å². The fourth-order valence-electron chi connectivity index (χ4n) is 4.65. The minimum atomic E-state index is -0.607. The van der Waals surface area contributed by atoms with Crippen LogP contribution in [0.2, 0.25) is 5.02 Å². The van der Waals surface area contributed by atoms with Crippen molar-refractivity contribution >= 4 is 57.1 Å². The summed E-state index contributed by atoms with van der Waals surface area (Å²) in [5, 5.41) is 4.47. The molecule has 1 unspecified atom stereocenters. The molecular formula is C30H28ClN5O2. The van der Waals surface area contributed by atoms with Crippen molar-refractivity contribution in [3.63, 3.8) is 0 Å². The molecule has 0 radical (unpaired) electrons. The lowest BCUT2D eigenvalue weighted by Gasteiger charge is -2.23. The van der Waals surface area contributed by atoms with E-state index in [1.807, 2.05) is 79.7 Å². The topological polar surface area (TPSA) is 77.9 Å². The molecule has 1 aromatic heterocycles. The van der Waals surface area contributed by atoms with Crippen LogP contribution in [-0.2, 0) is 9.59 Å². The molecule has 0 saturated heterocycles. The summed E-state index contributed by atoms with van der Waals surface area (Å²) in [6, 6.07) is 22.7. The average Bonchev–Trinajstić information content (AvgIpc) is 3.22. The molecule has 1 N–H and O–H groups in total. The van der Waals surface area contributed by atoms with E-state index in [1.165, 1.54) is 0 Å². The number of carbonyl (C=O) groups excluding carboxylic acids is 2. The number of nitrogens with zero attached hydrogens (tertiary/aromatic N) is 4. The quantitative estimate of drug-likeness (QED) is 0.316. The predicted molar refractivity (Wildman–Crippen MR) is 154 cm³/mol. The van der Waals surface area contributed by atoms with Crippen LogP contribution >= 0.6 is 11.6 Å². The normalized spacial score (nSPS) is 15.0. The number of aromatic nitrogens is 1. The van der Waals surface area contributed by atoms with Gasteiger partial charge in [0.15, 0.2) is 0 Å². The summed E-state index contributed by atoms with van der Waals surface area (Å²) in [6.45, 7) is 2.90. The van der Waals surface area contributed by atoms with Crippen LogP contribution in [0.1, 0.15) is 24.0 Å². The van der Waals surface area contributed by atoms with Crippen LogP contribution in [0.15, 0.2) is 84.0 Å². The summed E-state index contributed by atoms with van der Waals surface area (Å²) in [5.41, 5.74) is 5.32. The molecule has 7 nitrogen and oxygen atoms in total. The molecule has 192 valence electrons. The van der Waals surface area contributed by atoms with E-state index in [0.717, 1.165) is 34.3 Å². The van der Waals surface area contributed by atoms with Gasteiger partial charge in [0, 0.05) is 48.0 Å². The van der Waals surface area contributed by atoms with Crippen LogP contribution in [0.25, 0.3) is 10.9 Å². The van der Waals surface area contributed by atoms with Gasteiger partial charge in [0.2, 0.25) is 11.8 Å². The van der Waals surface area contributed by atoms with E-state index in [4.69, 9.17) is 16.6 Å². The van der Waals surface area contributed by atoms with Crippen molar-refractivity contribution in [2.75, 3.05) is 37.4 Å². The van der Waals surface area contributed by atoms with Crippen molar-refractivity contribution in [2.24, 2.45) is 4.99 Å². The first kappa shape index (κ1) is 25.6. The number of aliphatic imine (C=N–C) groups is 1. The standard InChI is InChI=1S/C30H28ClN5O2/c1-19(37)36(16-15-35(2)3)24-10-8-23(9-11-24)33-29(21-6-13-26-20(17-21)5-4-14-32-26)28-25-12-7-22(31)18-27(25)34-30(28)38/h4-14,17-18,28H,15-16H2,1-3H3,(H,34,38). The van der Waals surface area contributed by atoms with E-state index in [9.17, 15) is 9.59 Å². The van der Waals surface area contributed by atoms with Gasteiger partial charge in [-0.3, -0.25) is 19.6 Å². The molecule has 2 amide bonds. The van der Waals surface area contributed by atoms with Crippen LogP contribution < -0.4 is 10.2 Å². The maximum atomic E-state index is 13.3. The van der Waals surface area contributed by atoms with Gasteiger partial charge in [0.05, 0.1) is 16.9 Å². The zero-order chi connectivity index (χ0) is 26.8. The molecule has 5 rings (SSSR count). The summed E-state index contributed by atoms with van der Waals surface area (Å²) < 4.78 is 0. The highest BCUT2D eigenvalue weighted by molar-refractivity contribution is 6.31. The highest BCUT2D eigenvalue weighted by Crippen LogP contribution is 2.38. The molecule has 38 heavy (non-hydrogen) atoms. The first-order valence-corrected chi connectivity index (χ1v) is 12.7. The first-order valence-electron chi connectivity index (χ1n) is 12.4. The van der Waals surface area contributed by atoms with Crippen LogP contribution in [0.3, 0.4) is 0 Å². The summed E-state index contributed by atoms with van der Waals surface area (Å²) in [6.07, 6.45) is 1.76. The van der Waals surface area contributed by atoms with Crippen molar-refractivity contribution < 1.29 is 9.59 Å². The number of carbonyl (C=O) groups is 2. The maximum absolute atomic E-state index is 13.3. The lowest BCUT2D eigenvalue weighted by atomic mass is 9.90. The van der Waals surface area contributed by atoms with Gasteiger partial charge < -0.3 is 15.1 Å². The highest BCUT2D eigenvalue weighted by atomic mass is 35.5. The molecule has 0 fully saturated rings. The molecule has 1 aliphatic heterocycles. The van der Waals surface area contributed by atoms with Crippen molar-refractivity contribution in [1.29, 1.82) is 0 Å². The van der Waals surface area contributed by atoms with Crippen LogP contribution in [0, 0.1) is 0 Å². The van der Waals surface area contributed by atoms with Gasteiger partial charge in [0.1, 0.15) is 5.92 Å². The maximum Gasteiger partial charge on any atom is 0.238 e. The van der Waals surface area contributed by atoms with E-state index in [0.29, 0.717) is 28.7 Å².